The van der Waals surface area contributed by atoms with Gasteiger partial charge in [-0.05, 0) is 32.0 Å². The van der Waals surface area contributed by atoms with E-state index < -0.39 is 5.97 Å². The average molecular weight is 209 g/mol. The summed E-state index contributed by atoms with van der Waals surface area (Å²) < 4.78 is 4.55. The summed E-state index contributed by atoms with van der Waals surface area (Å²) in [4.78, 5) is 11.3. The topological polar surface area (TPSA) is 58.6 Å². The van der Waals surface area contributed by atoms with Crippen molar-refractivity contribution in [2.24, 2.45) is 0 Å². The van der Waals surface area contributed by atoms with Gasteiger partial charge in [-0.15, -0.1) is 0 Å². The molecule has 15 heavy (non-hydrogen) atoms. The first-order chi connectivity index (χ1) is 7.04. The summed E-state index contributed by atoms with van der Waals surface area (Å²) in [6.45, 7) is 3.98. The minimum Gasteiger partial charge on any atom is -0.507 e. The molecule has 0 amide bonds. The third-order valence-corrected chi connectivity index (χ3v) is 1.86. The van der Waals surface area contributed by atoms with Crippen molar-refractivity contribution in [3.8, 4) is 5.75 Å². The minimum absolute atomic E-state index is 0.0730. The predicted octanol–water partition coefficient (Wildman–Crippen LogP) is 2.00. The Labute approximate surface area is 88.9 Å². The average Bonchev–Trinajstić information content (AvgIpc) is 2.19. The normalized spacial score (nSPS) is 10.1. The lowest BCUT2D eigenvalue weighted by Crippen LogP contribution is -2.10. The van der Waals surface area contributed by atoms with Crippen LogP contribution >= 0.6 is 0 Å². The number of anilines is 1. The number of ether oxygens (including phenoxy) is 1. The fraction of sp³-hybridized carbons (Fsp3) is 0.364. The van der Waals surface area contributed by atoms with E-state index in [1.807, 2.05) is 13.8 Å². The number of nitrogens with one attached hydrogen (secondary N) is 1. The number of carbonyl (C=O) groups excluding carboxylic acids is 1. The van der Waals surface area contributed by atoms with E-state index in [0.717, 1.165) is 5.69 Å². The van der Waals surface area contributed by atoms with Crippen molar-refractivity contribution in [2.75, 3.05) is 12.4 Å². The second-order valence-corrected chi connectivity index (χ2v) is 3.52. The van der Waals surface area contributed by atoms with Gasteiger partial charge >= 0.3 is 5.97 Å². The number of carbonyl (C=O) groups is 1. The van der Waals surface area contributed by atoms with Gasteiger partial charge in [-0.2, -0.15) is 0 Å². The molecule has 1 rings (SSSR count). The van der Waals surface area contributed by atoms with E-state index in [9.17, 15) is 9.90 Å². The highest BCUT2D eigenvalue weighted by atomic mass is 16.5. The lowest BCUT2D eigenvalue weighted by molar-refractivity contribution is 0.0597. The summed E-state index contributed by atoms with van der Waals surface area (Å²) in [5, 5.41) is 12.6. The molecule has 1 aromatic rings. The van der Waals surface area contributed by atoms with E-state index in [4.69, 9.17) is 0 Å². The van der Waals surface area contributed by atoms with Crippen LogP contribution in [0.3, 0.4) is 0 Å². The van der Waals surface area contributed by atoms with Crippen LogP contribution in [0.5, 0.6) is 5.75 Å². The summed E-state index contributed by atoms with van der Waals surface area (Å²) in [7, 11) is 1.28. The molecule has 0 aliphatic rings. The van der Waals surface area contributed by atoms with E-state index >= 15 is 0 Å². The molecular weight excluding hydrogens is 194 g/mol. The predicted molar refractivity (Wildman–Crippen MR) is 58.2 cm³/mol. The Kier molecular flexibility index (Phi) is 3.55. The van der Waals surface area contributed by atoms with Crippen LogP contribution in [0.2, 0.25) is 0 Å². The van der Waals surface area contributed by atoms with Gasteiger partial charge in [-0.3, -0.25) is 0 Å². The highest BCUT2D eigenvalue weighted by molar-refractivity contribution is 5.93. The highest BCUT2D eigenvalue weighted by Crippen LogP contribution is 2.22. The molecule has 4 heteroatoms. The van der Waals surface area contributed by atoms with Gasteiger partial charge in [0, 0.05) is 11.7 Å². The largest absolute Gasteiger partial charge is 0.507 e. The second-order valence-electron chi connectivity index (χ2n) is 3.52. The van der Waals surface area contributed by atoms with Crippen LogP contribution in [0, 0.1) is 0 Å². The Morgan fingerprint density at radius 3 is 2.67 bits per heavy atom. The van der Waals surface area contributed by atoms with Crippen LogP contribution in [0.1, 0.15) is 24.2 Å². The zero-order valence-electron chi connectivity index (χ0n) is 9.07. The van der Waals surface area contributed by atoms with Crippen molar-refractivity contribution in [3.05, 3.63) is 23.8 Å². The molecule has 0 unspecified atom stereocenters. The van der Waals surface area contributed by atoms with Crippen molar-refractivity contribution >= 4 is 11.7 Å². The first-order valence-electron chi connectivity index (χ1n) is 4.72. The van der Waals surface area contributed by atoms with Gasteiger partial charge < -0.3 is 15.2 Å². The summed E-state index contributed by atoms with van der Waals surface area (Å²) in [6.07, 6.45) is 0. The standard InChI is InChI=1S/C11H15NO3/c1-7(2)12-8-4-5-10(13)9(6-8)11(14)15-3/h4-7,12-13H,1-3H3. The summed E-state index contributed by atoms with van der Waals surface area (Å²) in [5.74, 6) is -0.615. The fourth-order valence-corrected chi connectivity index (χ4v) is 1.23. The van der Waals surface area contributed by atoms with Crippen molar-refractivity contribution in [2.45, 2.75) is 19.9 Å². The maximum Gasteiger partial charge on any atom is 0.341 e. The van der Waals surface area contributed by atoms with Crippen LogP contribution in [0.4, 0.5) is 5.69 Å². The van der Waals surface area contributed by atoms with Gasteiger partial charge in [-0.25, -0.2) is 4.79 Å². The number of hydrogen-bond acceptors (Lipinski definition) is 4. The number of phenols is 1. The number of rotatable bonds is 3. The Balaban J connectivity index is 3.00. The number of esters is 1. The SMILES string of the molecule is COC(=O)c1cc(NC(C)C)ccc1O. The van der Waals surface area contributed by atoms with Gasteiger partial charge in [0.05, 0.1) is 7.11 Å². The molecule has 0 aliphatic heterocycles. The Morgan fingerprint density at radius 2 is 2.13 bits per heavy atom. The first kappa shape index (κ1) is 11.4. The second kappa shape index (κ2) is 4.68. The van der Waals surface area contributed by atoms with Crippen LogP contribution < -0.4 is 5.32 Å². The van der Waals surface area contributed by atoms with Gasteiger partial charge in [0.25, 0.3) is 0 Å². The van der Waals surface area contributed by atoms with Gasteiger partial charge in [-0.1, -0.05) is 0 Å². The number of methoxy groups -OCH3 is 1. The number of aromatic hydroxyl groups is 1. The molecule has 1 aromatic carbocycles. The third kappa shape index (κ3) is 2.87. The summed E-state index contributed by atoms with van der Waals surface area (Å²) >= 11 is 0. The summed E-state index contributed by atoms with van der Waals surface area (Å²) in [5.41, 5.74) is 0.950. The molecule has 0 spiro atoms. The van der Waals surface area contributed by atoms with Gasteiger partial charge in [0.2, 0.25) is 0 Å². The van der Waals surface area contributed by atoms with E-state index in [2.05, 4.69) is 10.1 Å². The van der Waals surface area contributed by atoms with Crippen molar-refractivity contribution in [1.29, 1.82) is 0 Å². The zero-order chi connectivity index (χ0) is 11.4. The lowest BCUT2D eigenvalue weighted by Gasteiger charge is -2.11. The van der Waals surface area contributed by atoms with Gasteiger partial charge in [0.15, 0.2) is 0 Å². The maximum atomic E-state index is 11.3. The molecule has 0 saturated carbocycles. The maximum absolute atomic E-state index is 11.3. The molecule has 0 saturated heterocycles. The van der Waals surface area contributed by atoms with Crippen LogP contribution in [0.25, 0.3) is 0 Å². The van der Waals surface area contributed by atoms with Crippen molar-refractivity contribution in [3.63, 3.8) is 0 Å². The number of phenolic OH excluding ortho intramolecular Hbond substituents is 1. The highest BCUT2D eigenvalue weighted by Gasteiger charge is 2.12. The molecule has 82 valence electrons. The Hall–Kier alpha value is -1.71. The van der Waals surface area contributed by atoms with E-state index in [0.29, 0.717) is 0 Å². The fourth-order valence-electron chi connectivity index (χ4n) is 1.23. The molecule has 0 aliphatic carbocycles. The molecule has 4 nitrogen and oxygen atoms in total. The molecule has 0 fully saturated rings. The van der Waals surface area contributed by atoms with Crippen molar-refractivity contribution < 1.29 is 14.6 Å². The summed E-state index contributed by atoms with van der Waals surface area (Å²) in [6, 6.07) is 5.01. The molecule has 2 N–H and O–H groups in total. The first-order valence-corrected chi connectivity index (χ1v) is 4.72. The van der Waals surface area contributed by atoms with Crippen molar-refractivity contribution in [1.82, 2.24) is 0 Å². The minimum atomic E-state index is -0.542. The van der Waals surface area contributed by atoms with E-state index in [1.165, 1.54) is 13.2 Å². The molecule has 0 atom stereocenters. The third-order valence-electron chi connectivity index (χ3n) is 1.86. The molecule has 0 heterocycles. The molecule has 0 bridgehead atoms. The molecule has 0 aromatic heterocycles. The Bertz CT molecular complexity index is 361. The number of hydrogen-bond donors (Lipinski definition) is 2. The van der Waals surface area contributed by atoms with Gasteiger partial charge in [0.1, 0.15) is 11.3 Å². The van der Waals surface area contributed by atoms with Crippen LogP contribution in [0.15, 0.2) is 18.2 Å². The lowest BCUT2D eigenvalue weighted by atomic mass is 10.1. The van der Waals surface area contributed by atoms with E-state index in [-0.39, 0.29) is 17.4 Å². The monoisotopic (exact) mass is 209 g/mol. The molecular formula is C11H15NO3. The molecule has 0 radical (unpaired) electrons. The number of benzene rings is 1. The van der Waals surface area contributed by atoms with E-state index in [1.54, 1.807) is 12.1 Å². The quantitative estimate of drug-likeness (QED) is 0.590. The Morgan fingerprint density at radius 1 is 1.47 bits per heavy atom. The van der Waals surface area contributed by atoms with Crippen LogP contribution in [-0.4, -0.2) is 24.2 Å². The smallest absolute Gasteiger partial charge is 0.341 e. The van der Waals surface area contributed by atoms with Crippen LogP contribution in [-0.2, 0) is 4.74 Å². The zero-order valence-corrected chi connectivity index (χ0v) is 9.07.